The maximum absolute atomic E-state index is 12.1. The van der Waals surface area contributed by atoms with Gasteiger partial charge in [-0.25, -0.2) is 14.8 Å². The summed E-state index contributed by atoms with van der Waals surface area (Å²) in [4.78, 5) is 35.3. The standard InChI is InChI=1S/C24H33N3O5S/c1-5-30-18(28)12-14-6-11-17-19(14)20-21(25-13-26-22(20)33-17)31-16-9-7-15(8-10-16)27-23(29)32-24(2,3)4/h13-16H,5-12H2,1-4H3,(H,27,29)/t14?,15-,16-. The number of carbonyl (C=O) groups is 2. The highest BCUT2D eigenvalue weighted by Crippen LogP contribution is 2.47. The third kappa shape index (κ3) is 5.75. The molecule has 2 aliphatic carbocycles. The van der Waals surface area contributed by atoms with E-state index in [9.17, 15) is 9.59 Å². The van der Waals surface area contributed by atoms with Crippen LogP contribution in [0.25, 0.3) is 10.2 Å². The summed E-state index contributed by atoms with van der Waals surface area (Å²) >= 11 is 1.67. The molecule has 0 bridgehead atoms. The lowest BCUT2D eigenvalue weighted by molar-refractivity contribution is -0.143. The van der Waals surface area contributed by atoms with E-state index in [1.165, 1.54) is 10.4 Å². The van der Waals surface area contributed by atoms with Crippen molar-refractivity contribution in [1.82, 2.24) is 15.3 Å². The molecule has 180 valence electrons. The van der Waals surface area contributed by atoms with Gasteiger partial charge in [-0.1, -0.05) is 0 Å². The van der Waals surface area contributed by atoms with Gasteiger partial charge in [0.2, 0.25) is 5.88 Å². The van der Waals surface area contributed by atoms with Crippen LogP contribution in [0.4, 0.5) is 4.79 Å². The van der Waals surface area contributed by atoms with Gasteiger partial charge in [0.15, 0.2) is 0 Å². The number of thiophene rings is 1. The SMILES string of the molecule is CCOC(=O)CC1CCc2sc3ncnc(O[C@H]4CC[C@H](NC(=O)OC(C)(C)C)CC4)c3c21. The van der Waals surface area contributed by atoms with E-state index in [1.807, 2.05) is 27.7 Å². The van der Waals surface area contributed by atoms with Gasteiger partial charge in [-0.15, -0.1) is 11.3 Å². The van der Waals surface area contributed by atoms with Gasteiger partial charge in [0.25, 0.3) is 0 Å². The molecule has 2 aliphatic rings. The topological polar surface area (TPSA) is 99.6 Å². The molecule has 2 heterocycles. The minimum Gasteiger partial charge on any atom is -0.474 e. The van der Waals surface area contributed by atoms with Crippen LogP contribution in [0.1, 0.15) is 82.6 Å². The molecule has 1 saturated carbocycles. The Hall–Kier alpha value is -2.42. The summed E-state index contributed by atoms with van der Waals surface area (Å²) in [6.45, 7) is 7.80. The van der Waals surface area contributed by atoms with Gasteiger partial charge in [0.1, 0.15) is 22.9 Å². The first-order valence-corrected chi connectivity index (χ1v) is 12.6. The van der Waals surface area contributed by atoms with Crippen LogP contribution in [0.2, 0.25) is 0 Å². The number of aryl methyl sites for hydroxylation is 1. The molecule has 1 fully saturated rings. The zero-order valence-electron chi connectivity index (χ0n) is 19.8. The maximum atomic E-state index is 12.1. The van der Waals surface area contributed by atoms with Crippen LogP contribution >= 0.6 is 11.3 Å². The summed E-state index contributed by atoms with van der Waals surface area (Å²) in [6, 6.07) is 0.0875. The number of alkyl carbamates (subject to hydrolysis) is 1. The van der Waals surface area contributed by atoms with E-state index in [2.05, 4.69) is 15.3 Å². The zero-order chi connectivity index (χ0) is 23.6. The number of rotatable bonds is 6. The van der Waals surface area contributed by atoms with Crippen molar-refractivity contribution >= 4 is 33.6 Å². The van der Waals surface area contributed by atoms with Crippen LogP contribution < -0.4 is 10.1 Å². The number of nitrogens with zero attached hydrogens (tertiary/aromatic N) is 2. The Morgan fingerprint density at radius 3 is 2.61 bits per heavy atom. The van der Waals surface area contributed by atoms with Crippen molar-refractivity contribution in [3.05, 3.63) is 16.8 Å². The molecule has 0 spiro atoms. The molecular formula is C24H33N3O5S. The molecule has 0 aromatic carbocycles. The van der Waals surface area contributed by atoms with E-state index in [-0.39, 0.29) is 30.1 Å². The Morgan fingerprint density at radius 2 is 1.91 bits per heavy atom. The van der Waals surface area contributed by atoms with Crippen LogP contribution in [0.3, 0.4) is 0 Å². The summed E-state index contributed by atoms with van der Waals surface area (Å²) in [5.41, 5.74) is 0.660. The highest BCUT2D eigenvalue weighted by Gasteiger charge is 2.33. The van der Waals surface area contributed by atoms with Crippen molar-refractivity contribution in [2.75, 3.05) is 6.61 Å². The molecule has 9 heteroatoms. The van der Waals surface area contributed by atoms with E-state index < -0.39 is 5.60 Å². The molecule has 1 atom stereocenters. The average Bonchev–Trinajstić information content (AvgIpc) is 3.28. The molecule has 8 nitrogen and oxygen atoms in total. The van der Waals surface area contributed by atoms with E-state index in [0.717, 1.165) is 48.7 Å². The second-order valence-corrected chi connectivity index (χ2v) is 10.9. The van der Waals surface area contributed by atoms with Crippen molar-refractivity contribution in [2.45, 2.75) is 96.3 Å². The number of aromatic nitrogens is 2. The molecule has 4 rings (SSSR count). The lowest BCUT2D eigenvalue weighted by Gasteiger charge is -2.30. The zero-order valence-corrected chi connectivity index (χ0v) is 20.6. The molecule has 1 amide bonds. The van der Waals surface area contributed by atoms with E-state index in [0.29, 0.717) is 18.9 Å². The number of hydrogen-bond donors (Lipinski definition) is 1. The Bertz CT molecular complexity index is 1010. The highest BCUT2D eigenvalue weighted by molar-refractivity contribution is 7.19. The third-order valence-electron chi connectivity index (χ3n) is 6.09. The fourth-order valence-electron chi connectivity index (χ4n) is 4.71. The second-order valence-electron chi connectivity index (χ2n) is 9.78. The predicted octanol–water partition coefficient (Wildman–Crippen LogP) is 4.89. The lowest BCUT2D eigenvalue weighted by atomic mass is 9.93. The second kappa shape index (κ2) is 9.83. The minimum atomic E-state index is -0.505. The number of carbonyl (C=O) groups excluding carboxylic acids is 2. The quantitative estimate of drug-likeness (QED) is 0.594. The summed E-state index contributed by atoms with van der Waals surface area (Å²) in [5, 5.41) is 3.93. The number of amides is 1. The summed E-state index contributed by atoms with van der Waals surface area (Å²) < 4.78 is 16.9. The number of esters is 1. The normalized spacial score (nSPS) is 22.6. The fourth-order valence-corrected chi connectivity index (χ4v) is 5.94. The third-order valence-corrected chi connectivity index (χ3v) is 7.26. The van der Waals surface area contributed by atoms with Crippen molar-refractivity contribution in [3.8, 4) is 5.88 Å². The smallest absolute Gasteiger partial charge is 0.407 e. The summed E-state index contributed by atoms with van der Waals surface area (Å²) in [5.74, 6) is 0.566. The van der Waals surface area contributed by atoms with Crippen molar-refractivity contribution < 1.29 is 23.8 Å². The first kappa shape index (κ1) is 23.7. The maximum Gasteiger partial charge on any atom is 0.407 e. The van der Waals surface area contributed by atoms with Crippen LogP contribution in [0.15, 0.2) is 6.33 Å². The highest BCUT2D eigenvalue weighted by atomic mass is 32.1. The van der Waals surface area contributed by atoms with Crippen LogP contribution in [-0.2, 0) is 20.7 Å². The molecule has 0 saturated heterocycles. The van der Waals surface area contributed by atoms with Crippen molar-refractivity contribution in [1.29, 1.82) is 0 Å². The predicted molar refractivity (Wildman–Crippen MR) is 126 cm³/mol. The van der Waals surface area contributed by atoms with E-state index in [1.54, 1.807) is 17.7 Å². The Morgan fingerprint density at radius 1 is 1.15 bits per heavy atom. The molecule has 0 radical (unpaired) electrons. The van der Waals surface area contributed by atoms with Crippen LogP contribution in [0.5, 0.6) is 5.88 Å². The van der Waals surface area contributed by atoms with Crippen molar-refractivity contribution in [3.63, 3.8) is 0 Å². The van der Waals surface area contributed by atoms with E-state index >= 15 is 0 Å². The Kier molecular flexibility index (Phi) is 7.07. The molecular weight excluding hydrogens is 442 g/mol. The molecule has 0 aliphatic heterocycles. The lowest BCUT2D eigenvalue weighted by Crippen LogP contribution is -2.42. The average molecular weight is 476 g/mol. The van der Waals surface area contributed by atoms with Gasteiger partial charge in [0, 0.05) is 10.9 Å². The van der Waals surface area contributed by atoms with Gasteiger partial charge in [0.05, 0.1) is 18.4 Å². The molecule has 33 heavy (non-hydrogen) atoms. The molecule has 1 N–H and O–H groups in total. The van der Waals surface area contributed by atoms with Gasteiger partial charge in [-0.2, -0.15) is 0 Å². The van der Waals surface area contributed by atoms with Crippen molar-refractivity contribution in [2.24, 2.45) is 0 Å². The van der Waals surface area contributed by atoms with Crippen LogP contribution in [0, 0.1) is 0 Å². The molecule has 1 unspecified atom stereocenters. The molecule has 2 aromatic heterocycles. The first-order valence-electron chi connectivity index (χ1n) is 11.8. The Labute approximate surface area is 198 Å². The Balaban J connectivity index is 1.42. The van der Waals surface area contributed by atoms with Gasteiger partial charge >= 0.3 is 12.1 Å². The number of hydrogen-bond acceptors (Lipinski definition) is 8. The van der Waals surface area contributed by atoms with Crippen LogP contribution in [-0.4, -0.2) is 46.4 Å². The first-order chi connectivity index (χ1) is 15.7. The van der Waals surface area contributed by atoms with E-state index in [4.69, 9.17) is 14.2 Å². The minimum absolute atomic E-state index is 0.0280. The summed E-state index contributed by atoms with van der Waals surface area (Å²) in [6.07, 6.45) is 6.77. The number of nitrogens with one attached hydrogen (secondary N) is 1. The van der Waals surface area contributed by atoms with Gasteiger partial charge < -0.3 is 19.5 Å². The monoisotopic (exact) mass is 475 g/mol. The molecule has 2 aromatic rings. The summed E-state index contributed by atoms with van der Waals surface area (Å²) in [7, 11) is 0. The number of ether oxygens (including phenoxy) is 3. The fraction of sp³-hybridized carbons (Fsp3) is 0.667. The van der Waals surface area contributed by atoms with Gasteiger partial charge in [-0.05, 0) is 77.7 Å². The largest absolute Gasteiger partial charge is 0.474 e. The van der Waals surface area contributed by atoms with Gasteiger partial charge in [-0.3, -0.25) is 4.79 Å². The number of fused-ring (bicyclic) bond motifs is 3.